The Labute approximate surface area is 88.6 Å². The molecule has 11 heavy (non-hydrogen) atoms. The van der Waals surface area contributed by atoms with Crippen LogP contribution in [0, 0.1) is 3.70 Å². The minimum absolute atomic E-state index is 0.0720. The number of hydrogen-bond donors (Lipinski definition) is 0. The van der Waals surface area contributed by atoms with Gasteiger partial charge in [-0.15, -0.1) is 0 Å². The molecular weight excluding hydrogens is 319 g/mol. The zero-order valence-electron chi connectivity index (χ0n) is 6.73. The normalized spacial score (nSPS) is 12.1. The smallest absolute Gasteiger partial charge is 0.129 e. The van der Waals surface area contributed by atoms with E-state index >= 15 is 0 Å². The van der Waals surface area contributed by atoms with Gasteiger partial charge in [-0.3, -0.25) is 4.68 Å². The van der Waals surface area contributed by atoms with Gasteiger partial charge in [0.05, 0.1) is 5.54 Å². The third kappa shape index (κ3) is 2.18. The summed E-state index contributed by atoms with van der Waals surface area (Å²) in [7, 11) is 0. The van der Waals surface area contributed by atoms with Crippen molar-refractivity contribution in [1.29, 1.82) is 0 Å². The molecule has 62 valence electrons. The third-order valence-electron chi connectivity index (χ3n) is 1.27. The highest BCUT2D eigenvalue weighted by Gasteiger charge is 2.17. The summed E-state index contributed by atoms with van der Waals surface area (Å²) in [5, 5.41) is 4.31. The molecule has 0 radical (unpaired) electrons. The molecule has 0 aliphatic heterocycles. The molecule has 0 N–H and O–H groups in total. The molecule has 0 aliphatic rings. The van der Waals surface area contributed by atoms with Gasteiger partial charge in [-0.05, 0) is 59.3 Å². The Morgan fingerprint density at radius 3 is 2.27 bits per heavy atom. The fraction of sp³-hybridized carbons (Fsp3) is 0.571. The van der Waals surface area contributed by atoms with Gasteiger partial charge >= 0.3 is 0 Å². The van der Waals surface area contributed by atoms with E-state index in [9.17, 15) is 0 Å². The fourth-order valence-corrected chi connectivity index (χ4v) is 2.73. The molecule has 1 aromatic rings. The molecule has 1 aromatic heterocycles. The highest BCUT2D eigenvalue weighted by molar-refractivity contribution is 14.1. The van der Waals surface area contributed by atoms with Crippen LogP contribution in [0.5, 0.6) is 0 Å². The number of halogens is 2. The van der Waals surface area contributed by atoms with Crippen LogP contribution in [0.3, 0.4) is 0 Å². The molecule has 0 saturated carbocycles. The second-order valence-corrected chi connectivity index (χ2v) is 5.29. The highest BCUT2D eigenvalue weighted by atomic mass is 127. The lowest BCUT2D eigenvalue weighted by Gasteiger charge is -2.20. The van der Waals surface area contributed by atoms with Crippen molar-refractivity contribution in [2.45, 2.75) is 26.3 Å². The second kappa shape index (κ2) is 3.05. The van der Waals surface area contributed by atoms with Gasteiger partial charge in [0.1, 0.15) is 8.30 Å². The van der Waals surface area contributed by atoms with Crippen molar-refractivity contribution in [3.05, 3.63) is 14.4 Å². The summed E-state index contributed by atoms with van der Waals surface area (Å²) in [5.74, 6) is 0. The molecule has 0 saturated heterocycles. The standard InChI is InChI=1S/C7H10BrIN2/c1-7(2,3)11-6(9)4-5(8)10-11/h4H,1-3H3. The van der Waals surface area contributed by atoms with Crippen LogP contribution in [0.25, 0.3) is 0 Å². The average Bonchev–Trinajstić information content (AvgIpc) is 2.08. The maximum Gasteiger partial charge on any atom is 0.129 e. The van der Waals surface area contributed by atoms with Crippen molar-refractivity contribution < 1.29 is 0 Å². The largest absolute Gasteiger partial charge is 0.253 e. The van der Waals surface area contributed by atoms with E-state index in [1.165, 1.54) is 0 Å². The van der Waals surface area contributed by atoms with Crippen molar-refractivity contribution in [2.75, 3.05) is 0 Å². The van der Waals surface area contributed by atoms with Crippen LogP contribution in [-0.4, -0.2) is 9.78 Å². The fourth-order valence-electron chi connectivity index (χ4n) is 0.802. The molecule has 1 heterocycles. The van der Waals surface area contributed by atoms with E-state index in [1.807, 2.05) is 10.7 Å². The van der Waals surface area contributed by atoms with Crippen LogP contribution in [0.2, 0.25) is 0 Å². The first kappa shape index (κ1) is 9.51. The quantitative estimate of drug-likeness (QED) is 0.669. The Bertz CT molecular complexity index is 262. The second-order valence-electron chi connectivity index (χ2n) is 3.37. The van der Waals surface area contributed by atoms with Crippen LogP contribution >= 0.6 is 38.5 Å². The van der Waals surface area contributed by atoms with E-state index in [2.05, 4.69) is 64.4 Å². The summed E-state index contributed by atoms with van der Waals surface area (Å²) >= 11 is 5.62. The Morgan fingerprint density at radius 2 is 2.09 bits per heavy atom. The van der Waals surface area contributed by atoms with Gasteiger partial charge in [0, 0.05) is 6.07 Å². The van der Waals surface area contributed by atoms with Crippen molar-refractivity contribution in [2.24, 2.45) is 0 Å². The molecule has 0 atom stereocenters. The molecule has 0 aromatic carbocycles. The first-order valence-corrected chi connectivity index (χ1v) is 5.20. The summed E-state index contributed by atoms with van der Waals surface area (Å²) in [6.07, 6.45) is 0. The van der Waals surface area contributed by atoms with Gasteiger partial charge in [0.15, 0.2) is 0 Å². The van der Waals surface area contributed by atoms with Crippen LogP contribution in [0.4, 0.5) is 0 Å². The van der Waals surface area contributed by atoms with Crippen molar-refractivity contribution >= 4 is 38.5 Å². The molecule has 2 nitrogen and oxygen atoms in total. The average molecular weight is 329 g/mol. The first-order chi connectivity index (χ1) is 4.91. The van der Waals surface area contributed by atoms with Crippen molar-refractivity contribution in [1.82, 2.24) is 9.78 Å². The molecule has 0 amide bonds. The maximum atomic E-state index is 4.31. The number of aromatic nitrogens is 2. The molecule has 4 heteroatoms. The Hall–Kier alpha value is 0.420. The van der Waals surface area contributed by atoms with Crippen LogP contribution in [-0.2, 0) is 5.54 Å². The molecule has 1 rings (SSSR count). The number of rotatable bonds is 0. The van der Waals surface area contributed by atoms with Crippen molar-refractivity contribution in [3.8, 4) is 0 Å². The Kier molecular flexibility index (Phi) is 2.63. The Balaban J connectivity index is 3.13. The summed E-state index contributed by atoms with van der Waals surface area (Å²) in [5.41, 5.74) is 0.0720. The molecule has 0 fully saturated rings. The monoisotopic (exact) mass is 328 g/mol. The summed E-state index contributed by atoms with van der Waals surface area (Å²) in [6, 6.07) is 2.01. The maximum absolute atomic E-state index is 4.31. The topological polar surface area (TPSA) is 17.8 Å². The van der Waals surface area contributed by atoms with Gasteiger partial charge in [-0.25, -0.2) is 0 Å². The van der Waals surface area contributed by atoms with E-state index in [-0.39, 0.29) is 5.54 Å². The lowest BCUT2D eigenvalue weighted by Crippen LogP contribution is -2.24. The predicted octanol–water partition coefficient (Wildman–Crippen LogP) is 3.01. The lowest BCUT2D eigenvalue weighted by atomic mass is 10.1. The third-order valence-corrected chi connectivity index (χ3v) is 2.43. The summed E-state index contributed by atoms with van der Waals surface area (Å²) < 4.78 is 4.05. The summed E-state index contributed by atoms with van der Waals surface area (Å²) in [6.45, 7) is 6.40. The summed E-state index contributed by atoms with van der Waals surface area (Å²) in [4.78, 5) is 0. The lowest BCUT2D eigenvalue weighted by molar-refractivity contribution is 0.346. The van der Waals surface area contributed by atoms with E-state index in [4.69, 9.17) is 0 Å². The van der Waals surface area contributed by atoms with E-state index in [1.54, 1.807) is 0 Å². The molecule has 0 spiro atoms. The SMILES string of the molecule is CC(C)(C)n1nc(Br)cc1I. The van der Waals surface area contributed by atoms with Gasteiger partial charge in [-0.2, -0.15) is 5.10 Å². The van der Waals surface area contributed by atoms with E-state index in [0.717, 1.165) is 8.30 Å². The van der Waals surface area contributed by atoms with Crippen LogP contribution < -0.4 is 0 Å². The molecule has 0 bridgehead atoms. The van der Waals surface area contributed by atoms with Crippen LogP contribution in [0.15, 0.2) is 10.7 Å². The minimum atomic E-state index is 0.0720. The van der Waals surface area contributed by atoms with Gasteiger partial charge in [-0.1, -0.05) is 0 Å². The van der Waals surface area contributed by atoms with Crippen molar-refractivity contribution in [3.63, 3.8) is 0 Å². The predicted molar refractivity (Wildman–Crippen MR) is 57.6 cm³/mol. The molecular formula is C7H10BrIN2. The minimum Gasteiger partial charge on any atom is -0.253 e. The number of nitrogens with zero attached hydrogens (tertiary/aromatic N) is 2. The highest BCUT2D eigenvalue weighted by Crippen LogP contribution is 2.20. The zero-order chi connectivity index (χ0) is 8.65. The molecule has 0 aliphatic carbocycles. The van der Waals surface area contributed by atoms with Gasteiger partial charge in [0.2, 0.25) is 0 Å². The van der Waals surface area contributed by atoms with E-state index < -0.39 is 0 Å². The Morgan fingerprint density at radius 1 is 1.55 bits per heavy atom. The van der Waals surface area contributed by atoms with Gasteiger partial charge < -0.3 is 0 Å². The zero-order valence-corrected chi connectivity index (χ0v) is 10.5. The van der Waals surface area contributed by atoms with Crippen LogP contribution in [0.1, 0.15) is 20.8 Å². The first-order valence-electron chi connectivity index (χ1n) is 3.33. The van der Waals surface area contributed by atoms with E-state index in [0.29, 0.717) is 0 Å². The van der Waals surface area contributed by atoms with Gasteiger partial charge in [0.25, 0.3) is 0 Å². The number of hydrogen-bond acceptors (Lipinski definition) is 1. The molecule has 0 unspecified atom stereocenters.